The van der Waals surface area contributed by atoms with E-state index >= 15 is 0 Å². The second-order valence-corrected chi connectivity index (χ2v) is 8.60. The first-order valence-electron chi connectivity index (χ1n) is 8.76. The Morgan fingerprint density at radius 3 is 2.63 bits per heavy atom. The van der Waals surface area contributed by atoms with Gasteiger partial charge in [-0.3, -0.25) is 0 Å². The van der Waals surface area contributed by atoms with Crippen LogP contribution in [0.2, 0.25) is 0 Å². The number of aromatic nitrogens is 2. The Kier molecular flexibility index (Phi) is 7.08. The van der Waals surface area contributed by atoms with Gasteiger partial charge < -0.3 is 14.0 Å². The van der Waals surface area contributed by atoms with E-state index in [-0.39, 0.29) is 18.1 Å². The van der Waals surface area contributed by atoms with E-state index in [1.165, 1.54) is 36.0 Å². The van der Waals surface area contributed by atoms with E-state index in [4.69, 9.17) is 19.1 Å². The second kappa shape index (κ2) is 9.74. The van der Waals surface area contributed by atoms with Crippen molar-refractivity contribution in [3.8, 4) is 5.75 Å². The standard InChI is InChI=1S/C19H19N3O6S2/c1-13-11-14(22-28-13)12-29-18-17(3-2-8-21-18)19(23)27-10-9-26-15-4-6-16(7-5-15)30(20,24)25/h2-8,11H,9-10,12H2,1H3,(H2,20,24,25). The van der Waals surface area contributed by atoms with Crippen LogP contribution in [0.25, 0.3) is 0 Å². The van der Waals surface area contributed by atoms with E-state index < -0.39 is 16.0 Å². The van der Waals surface area contributed by atoms with Crippen LogP contribution in [0, 0.1) is 6.92 Å². The molecule has 1 aromatic carbocycles. The molecule has 0 fully saturated rings. The fraction of sp³-hybridized carbons (Fsp3) is 0.211. The highest BCUT2D eigenvalue weighted by Gasteiger charge is 2.15. The lowest BCUT2D eigenvalue weighted by molar-refractivity contribution is 0.0445. The summed E-state index contributed by atoms with van der Waals surface area (Å²) >= 11 is 1.36. The van der Waals surface area contributed by atoms with Crippen molar-refractivity contribution < 1.29 is 27.2 Å². The number of rotatable bonds is 9. The average molecular weight is 450 g/mol. The number of sulfonamides is 1. The zero-order valence-corrected chi connectivity index (χ0v) is 17.6. The molecule has 0 aliphatic heterocycles. The first-order chi connectivity index (χ1) is 14.3. The van der Waals surface area contributed by atoms with Gasteiger partial charge in [0.25, 0.3) is 0 Å². The number of hydrogen-bond acceptors (Lipinski definition) is 9. The number of ether oxygens (including phenoxy) is 2. The van der Waals surface area contributed by atoms with Crippen LogP contribution in [-0.2, 0) is 20.5 Å². The molecule has 0 bridgehead atoms. The number of nitrogens with two attached hydrogens (primary N) is 1. The molecule has 0 saturated heterocycles. The summed E-state index contributed by atoms with van der Waals surface area (Å²) in [5, 5.41) is 9.49. The zero-order valence-electron chi connectivity index (χ0n) is 16.0. The predicted molar refractivity (Wildman–Crippen MR) is 109 cm³/mol. The van der Waals surface area contributed by atoms with Crippen LogP contribution in [0.1, 0.15) is 21.8 Å². The average Bonchev–Trinajstić information content (AvgIpc) is 3.14. The molecule has 0 amide bonds. The summed E-state index contributed by atoms with van der Waals surface area (Å²) in [7, 11) is -3.75. The number of aryl methyl sites for hydroxylation is 1. The lowest BCUT2D eigenvalue weighted by Gasteiger charge is -2.09. The van der Waals surface area contributed by atoms with Crippen LogP contribution >= 0.6 is 11.8 Å². The molecule has 2 aromatic heterocycles. The Balaban J connectivity index is 1.50. The van der Waals surface area contributed by atoms with Crippen LogP contribution in [0.15, 0.2) is 63.1 Å². The van der Waals surface area contributed by atoms with Crippen LogP contribution in [0.4, 0.5) is 0 Å². The molecule has 11 heteroatoms. The minimum absolute atomic E-state index is 0.0105. The fourth-order valence-corrected chi connectivity index (χ4v) is 3.76. The number of nitrogens with zero attached hydrogens (tertiary/aromatic N) is 2. The van der Waals surface area contributed by atoms with Gasteiger partial charge in [0.2, 0.25) is 10.0 Å². The van der Waals surface area contributed by atoms with Crippen molar-refractivity contribution in [3.05, 3.63) is 65.7 Å². The normalized spacial score (nSPS) is 11.3. The molecule has 0 aliphatic carbocycles. The summed E-state index contributed by atoms with van der Waals surface area (Å²) in [5.74, 6) is 1.13. The summed E-state index contributed by atoms with van der Waals surface area (Å²) in [4.78, 5) is 16.6. The molecule has 0 spiro atoms. The fourth-order valence-electron chi connectivity index (χ4n) is 2.39. The Labute approximate surface area is 177 Å². The van der Waals surface area contributed by atoms with Crippen molar-refractivity contribution in [2.45, 2.75) is 22.6 Å². The third-order valence-corrected chi connectivity index (χ3v) is 5.73. The maximum Gasteiger partial charge on any atom is 0.341 e. The third kappa shape index (κ3) is 6.05. The van der Waals surface area contributed by atoms with E-state index in [0.717, 1.165) is 5.69 Å². The molecule has 158 valence electrons. The van der Waals surface area contributed by atoms with Crippen molar-refractivity contribution in [1.82, 2.24) is 10.1 Å². The van der Waals surface area contributed by atoms with Gasteiger partial charge in [-0.1, -0.05) is 16.9 Å². The SMILES string of the molecule is Cc1cc(CSc2ncccc2C(=O)OCCOc2ccc(S(N)(=O)=O)cc2)no1. The van der Waals surface area contributed by atoms with E-state index in [2.05, 4.69) is 10.1 Å². The maximum atomic E-state index is 12.4. The Bertz CT molecular complexity index is 1110. The van der Waals surface area contributed by atoms with Crippen molar-refractivity contribution in [2.24, 2.45) is 5.14 Å². The van der Waals surface area contributed by atoms with Crippen molar-refractivity contribution in [2.75, 3.05) is 13.2 Å². The van der Waals surface area contributed by atoms with Crippen molar-refractivity contribution in [3.63, 3.8) is 0 Å². The van der Waals surface area contributed by atoms with E-state index in [0.29, 0.717) is 27.9 Å². The van der Waals surface area contributed by atoms with Gasteiger partial charge in [-0.2, -0.15) is 0 Å². The molecule has 30 heavy (non-hydrogen) atoms. The summed E-state index contributed by atoms with van der Waals surface area (Å²) in [6.45, 7) is 1.92. The lowest BCUT2D eigenvalue weighted by atomic mass is 10.3. The van der Waals surface area contributed by atoms with Gasteiger partial charge in [-0.15, -0.1) is 0 Å². The minimum atomic E-state index is -3.75. The van der Waals surface area contributed by atoms with Gasteiger partial charge in [0.1, 0.15) is 29.7 Å². The third-order valence-electron chi connectivity index (χ3n) is 3.76. The predicted octanol–water partition coefficient (Wildman–Crippen LogP) is 2.55. The molecule has 0 saturated carbocycles. The summed E-state index contributed by atoms with van der Waals surface area (Å²) in [5.41, 5.74) is 1.10. The van der Waals surface area contributed by atoms with Crippen molar-refractivity contribution >= 4 is 27.8 Å². The molecule has 0 unspecified atom stereocenters. The number of benzene rings is 1. The number of hydrogen-bond donors (Lipinski definition) is 1. The van der Waals surface area contributed by atoms with Gasteiger partial charge >= 0.3 is 5.97 Å². The van der Waals surface area contributed by atoms with E-state index in [1.807, 2.05) is 6.07 Å². The van der Waals surface area contributed by atoms with Crippen molar-refractivity contribution in [1.29, 1.82) is 0 Å². The molecular formula is C19H19N3O6S2. The topological polar surface area (TPSA) is 135 Å². The monoisotopic (exact) mass is 449 g/mol. The lowest BCUT2D eigenvalue weighted by Crippen LogP contribution is -2.14. The first kappa shape index (κ1) is 21.8. The Morgan fingerprint density at radius 2 is 1.97 bits per heavy atom. The van der Waals surface area contributed by atoms with E-state index in [1.54, 1.807) is 25.3 Å². The van der Waals surface area contributed by atoms with Crippen LogP contribution in [0.3, 0.4) is 0 Å². The van der Waals surface area contributed by atoms with Gasteiger partial charge in [0.15, 0.2) is 0 Å². The molecule has 3 rings (SSSR count). The summed E-state index contributed by atoms with van der Waals surface area (Å²) < 4.78 is 38.2. The first-order valence-corrected chi connectivity index (χ1v) is 11.3. The number of pyridine rings is 1. The molecule has 0 radical (unpaired) electrons. The number of thioether (sulfide) groups is 1. The number of carbonyl (C=O) groups excluding carboxylic acids is 1. The molecular weight excluding hydrogens is 430 g/mol. The number of primary sulfonamides is 1. The Morgan fingerprint density at radius 1 is 1.20 bits per heavy atom. The van der Waals surface area contributed by atoms with Crippen LogP contribution in [0.5, 0.6) is 5.75 Å². The molecule has 0 atom stereocenters. The van der Waals surface area contributed by atoms with E-state index in [9.17, 15) is 13.2 Å². The summed E-state index contributed by atoms with van der Waals surface area (Å²) in [6.07, 6.45) is 1.60. The highest BCUT2D eigenvalue weighted by molar-refractivity contribution is 7.98. The number of esters is 1. The minimum Gasteiger partial charge on any atom is -0.490 e. The van der Waals surface area contributed by atoms with Gasteiger partial charge in [-0.25, -0.2) is 23.3 Å². The highest BCUT2D eigenvalue weighted by atomic mass is 32.2. The van der Waals surface area contributed by atoms with Gasteiger partial charge in [-0.05, 0) is 43.3 Å². The van der Waals surface area contributed by atoms with Gasteiger partial charge in [0.05, 0.1) is 16.2 Å². The quantitative estimate of drug-likeness (QED) is 0.297. The highest BCUT2D eigenvalue weighted by Crippen LogP contribution is 2.24. The summed E-state index contributed by atoms with van der Waals surface area (Å²) in [6, 6.07) is 10.7. The Hall–Kier alpha value is -2.89. The van der Waals surface area contributed by atoms with Gasteiger partial charge in [0, 0.05) is 18.0 Å². The number of carbonyl (C=O) groups is 1. The molecule has 9 nitrogen and oxygen atoms in total. The molecule has 2 N–H and O–H groups in total. The zero-order chi connectivity index (χ0) is 21.6. The largest absolute Gasteiger partial charge is 0.490 e. The maximum absolute atomic E-state index is 12.4. The molecule has 3 aromatic rings. The second-order valence-electron chi connectivity index (χ2n) is 6.07. The smallest absolute Gasteiger partial charge is 0.341 e. The van der Waals surface area contributed by atoms with Crippen LogP contribution < -0.4 is 9.88 Å². The molecule has 0 aliphatic rings. The molecule has 2 heterocycles. The van der Waals surface area contributed by atoms with Crippen LogP contribution in [-0.4, -0.2) is 37.7 Å².